The molecule has 0 bridgehead atoms. The zero-order chi connectivity index (χ0) is 15.9. The third kappa shape index (κ3) is 3.27. The molecular weight excluding hydrogens is 441 g/mol. The van der Waals surface area contributed by atoms with Crippen LogP contribution in [-0.4, -0.2) is 37.8 Å². The second-order valence-corrected chi connectivity index (χ2v) is 7.14. The molecule has 1 aromatic rings. The molecule has 1 aromatic carbocycles. The van der Waals surface area contributed by atoms with Crippen molar-refractivity contribution in [2.45, 2.75) is 32.2 Å². The van der Waals surface area contributed by atoms with Gasteiger partial charge in [0.1, 0.15) is 0 Å². The van der Waals surface area contributed by atoms with Crippen LogP contribution in [0.25, 0.3) is 0 Å². The highest BCUT2D eigenvalue weighted by atomic mass is 127. The standard InChI is InChI=1S/C17H22ClN3O2.HI/c1-19-16(21-6-5-17(10-21)3-2-4-17)20-9-12-7-13(18)15-14(8-12)22-11-23-15;/h7-8H,2-6,9-11H2,1H3,(H,19,20);1H. The normalized spacial score (nSPS) is 20.8. The minimum atomic E-state index is 0. The number of benzene rings is 1. The van der Waals surface area contributed by atoms with Crippen molar-refractivity contribution in [1.82, 2.24) is 10.2 Å². The molecule has 2 fully saturated rings. The first kappa shape index (κ1) is 17.9. The van der Waals surface area contributed by atoms with E-state index in [0.717, 1.165) is 30.4 Å². The van der Waals surface area contributed by atoms with E-state index in [1.54, 1.807) is 0 Å². The summed E-state index contributed by atoms with van der Waals surface area (Å²) in [7, 11) is 1.85. The van der Waals surface area contributed by atoms with E-state index in [4.69, 9.17) is 21.1 Å². The Balaban J connectivity index is 0.00000169. The van der Waals surface area contributed by atoms with Crippen LogP contribution in [0.4, 0.5) is 0 Å². The van der Waals surface area contributed by atoms with Crippen molar-refractivity contribution in [3.8, 4) is 11.5 Å². The average Bonchev–Trinajstić information content (AvgIpc) is 3.14. The molecule has 4 rings (SSSR count). The number of hydrogen-bond acceptors (Lipinski definition) is 3. The molecule has 24 heavy (non-hydrogen) atoms. The number of fused-ring (bicyclic) bond motifs is 1. The lowest BCUT2D eigenvalue weighted by atomic mass is 9.68. The summed E-state index contributed by atoms with van der Waals surface area (Å²) < 4.78 is 10.8. The number of likely N-dealkylation sites (tertiary alicyclic amines) is 1. The van der Waals surface area contributed by atoms with Gasteiger partial charge < -0.3 is 19.7 Å². The zero-order valence-corrected chi connectivity index (χ0v) is 16.9. The molecule has 3 aliphatic rings. The fourth-order valence-electron chi connectivity index (χ4n) is 3.84. The molecule has 1 saturated heterocycles. The third-order valence-electron chi connectivity index (χ3n) is 5.30. The number of aliphatic imine (C=N–C) groups is 1. The molecular formula is C17H23ClIN3O2. The molecule has 2 aliphatic heterocycles. The monoisotopic (exact) mass is 463 g/mol. The molecule has 2 heterocycles. The lowest BCUT2D eigenvalue weighted by Crippen LogP contribution is -2.42. The fraction of sp³-hybridized carbons (Fsp3) is 0.588. The van der Waals surface area contributed by atoms with Gasteiger partial charge in [-0.3, -0.25) is 4.99 Å². The lowest BCUT2D eigenvalue weighted by molar-refractivity contribution is 0.151. The minimum Gasteiger partial charge on any atom is -0.454 e. The van der Waals surface area contributed by atoms with E-state index >= 15 is 0 Å². The van der Waals surface area contributed by atoms with Gasteiger partial charge >= 0.3 is 0 Å². The fourth-order valence-corrected chi connectivity index (χ4v) is 4.12. The largest absolute Gasteiger partial charge is 0.454 e. The third-order valence-corrected chi connectivity index (χ3v) is 5.58. The van der Waals surface area contributed by atoms with Crippen LogP contribution in [0.2, 0.25) is 5.02 Å². The second-order valence-electron chi connectivity index (χ2n) is 6.74. The van der Waals surface area contributed by atoms with Crippen molar-refractivity contribution in [1.29, 1.82) is 0 Å². The van der Waals surface area contributed by atoms with Crippen molar-refractivity contribution < 1.29 is 9.47 Å². The first-order valence-electron chi connectivity index (χ1n) is 8.23. The average molecular weight is 464 g/mol. The smallest absolute Gasteiger partial charge is 0.231 e. The Labute approximate surface area is 164 Å². The minimum absolute atomic E-state index is 0. The van der Waals surface area contributed by atoms with Crippen LogP contribution in [0.1, 0.15) is 31.2 Å². The highest BCUT2D eigenvalue weighted by molar-refractivity contribution is 14.0. The van der Waals surface area contributed by atoms with E-state index < -0.39 is 0 Å². The molecule has 0 aromatic heterocycles. The van der Waals surface area contributed by atoms with Crippen molar-refractivity contribution >= 4 is 41.5 Å². The number of nitrogens with zero attached hydrogens (tertiary/aromatic N) is 2. The van der Waals surface area contributed by atoms with Gasteiger partial charge in [0.2, 0.25) is 6.79 Å². The van der Waals surface area contributed by atoms with Crippen molar-refractivity contribution in [2.24, 2.45) is 10.4 Å². The predicted molar refractivity (Wildman–Crippen MR) is 106 cm³/mol. The quantitative estimate of drug-likeness (QED) is 0.413. The van der Waals surface area contributed by atoms with Gasteiger partial charge in [0.25, 0.3) is 0 Å². The van der Waals surface area contributed by atoms with E-state index in [1.165, 1.54) is 25.7 Å². The van der Waals surface area contributed by atoms with Gasteiger partial charge in [-0.1, -0.05) is 18.0 Å². The molecule has 132 valence electrons. The molecule has 0 unspecified atom stereocenters. The summed E-state index contributed by atoms with van der Waals surface area (Å²) in [5, 5.41) is 4.05. The number of hydrogen-bond donors (Lipinski definition) is 1. The molecule has 1 saturated carbocycles. The van der Waals surface area contributed by atoms with Gasteiger partial charge in [0.05, 0.1) is 5.02 Å². The van der Waals surface area contributed by atoms with Gasteiger partial charge in [-0.15, -0.1) is 24.0 Å². The van der Waals surface area contributed by atoms with Crippen LogP contribution >= 0.6 is 35.6 Å². The number of halogens is 2. The van der Waals surface area contributed by atoms with Gasteiger partial charge in [0, 0.05) is 26.7 Å². The molecule has 1 N–H and O–H groups in total. The van der Waals surface area contributed by atoms with Crippen LogP contribution < -0.4 is 14.8 Å². The van der Waals surface area contributed by atoms with E-state index in [-0.39, 0.29) is 30.8 Å². The van der Waals surface area contributed by atoms with Crippen LogP contribution in [0, 0.1) is 5.41 Å². The molecule has 1 spiro atoms. The van der Waals surface area contributed by atoms with Crippen molar-refractivity contribution in [3.05, 3.63) is 22.7 Å². The molecule has 5 nitrogen and oxygen atoms in total. The Morgan fingerprint density at radius 2 is 2.17 bits per heavy atom. The van der Waals surface area contributed by atoms with E-state index in [1.807, 2.05) is 19.2 Å². The number of nitrogens with one attached hydrogen (secondary N) is 1. The molecule has 1 aliphatic carbocycles. The van der Waals surface area contributed by atoms with E-state index in [0.29, 0.717) is 22.7 Å². The van der Waals surface area contributed by atoms with E-state index in [9.17, 15) is 0 Å². The molecule has 7 heteroatoms. The zero-order valence-electron chi connectivity index (χ0n) is 13.8. The second kappa shape index (κ2) is 7.15. The highest BCUT2D eigenvalue weighted by Gasteiger charge is 2.43. The van der Waals surface area contributed by atoms with Gasteiger partial charge in [-0.25, -0.2) is 0 Å². The van der Waals surface area contributed by atoms with Crippen LogP contribution in [-0.2, 0) is 6.54 Å². The van der Waals surface area contributed by atoms with Crippen LogP contribution in [0.3, 0.4) is 0 Å². The first-order chi connectivity index (χ1) is 11.2. The Bertz CT molecular complexity index is 649. The highest BCUT2D eigenvalue weighted by Crippen LogP contribution is 2.48. The first-order valence-corrected chi connectivity index (χ1v) is 8.61. The van der Waals surface area contributed by atoms with Gasteiger partial charge in [-0.05, 0) is 42.4 Å². The van der Waals surface area contributed by atoms with Crippen LogP contribution in [0.5, 0.6) is 11.5 Å². The molecule has 0 atom stereocenters. The summed E-state index contributed by atoms with van der Waals surface area (Å²) in [6.07, 6.45) is 5.43. The summed E-state index contributed by atoms with van der Waals surface area (Å²) in [4.78, 5) is 6.83. The SMILES string of the molecule is CN=C(NCc1cc(Cl)c2c(c1)OCO2)N1CCC2(CCC2)C1.I. The van der Waals surface area contributed by atoms with Crippen molar-refractivity contribution in [3.63, 3.8) is 0 Å². The van der Waals surface area contributed by atoms with Gasteiger partial charge in [-0.2, -0.15) is 0 Å². The predicted octanol–water partition coefficient (Wildman–Crippen LogP) is 3.64. The van der Waals surface area contributed by atoms with Gasteiger partial charge in [0.15, 0.2) is 17.5 Å². The number of rotatable bonds is 2. The summed E-state index contributed by atoms with van der Waals surface area (Å²) in [6.45, 7) is 3.14. The number of ether oxygens (including phenoxy) is 2. The Morgan fingerprint density at radius 3 is 2.83 bits per heavy atom. The maximum Gasteiger partial charge on any atom is 0.231 e. The Morgan fingerprint density at radius 1 is 1.33 bits per heavy atom. The molecule has 0 radical (unpaired) electrons. The molecule has 0 amide bonds. The Kier molecular flexibility index (Phi) is 5.34. The van der Waals surface area contributed by atoms with Crippen molar-refractivity contribution in [2.75, 3.05) is 26.9 Å². The summed E-state index contributed by atoms with van der Waals surface area (Å²) in [5.41, 5.74) is 1.64. The maximum atomic E-state index is 6.24. The summed E-state index contributed by atoms with van der Waals surface area (Å²) in [5.74, 6) is 2.34. The Hall–Kier alpha value is -0.890. The topological polar surface area (TPSA) is 46.1 Å². The van der Waals surface area contributed by atoms with E-state index in [2.05, 4.69) is 15.2 Å². The van der Waals surface area contributed by atoms with Crippen LogP contribution in [0.15, 0.2) is 17.1 Å². The maximum absolute atomic E-state index is 6.24. The number of guanidine groups is 1. The summed E-state index contributed by atoms with van der Waals surface area (Å²) in [6, 6.07) is 3.90. The lowest BCUT2D eigenvalue weighted by Gasteiger charge is -2.38. The summed E-state index contributed by atoms with van der Waals surface area (Å²) >= 11 is 6.24.